The lowest BCUT2D eigenvalue weighted by atomic mass is 10.2. The van der Waals surface area contributed by atoms with Crippen molar-refractivity contribution in [3.8, 4) is 0 Å². The van der Waals surface area contributed by atoms with E-state index in [2.05, 4.69) is 20.8 Å². The van der Waals surface area contributed by atoms with Crippen LogP contribution in [0.15, 0.2) is 52.9 Å². The Bertz CT molecular complexity index is 897. The van der Waals surface area contributed by atoms with Crippen LogP contribution in [-0.4, -0.2) is 21.4 Å². The van der Waals surface area contributed by atoms with E-state index in [1.165, 1.54) is 40.8 Å². The number of thioether (sulfide) groups is 1. The molecule has 0 bridgehead atoms. The van der Waals surface area contributed by atoms with Gasteiger partial charge in [-0.3, -0.25) is 4.79 Å². The van der Waals surface area contributed by atoms with Crippen molar-refractivity contribution in [3.05, 3.63) is 65.5 Å². The van der Waals surface area contributed by atoms with Gasteiger partial charge >= 0.3 is 0 Å². The quantitative estimate of drug-likeness (QED) is 0.569. The molecular weight excluding hydrogens is 383 g/mol. The van der Waals surface area contributed by atoms with E-state index in [4.69, 9.17) is 0 Å². The van der Waals surface area contributed by atoms with Crippen LogP contribution in [0.2, 0.25) is 0 Å². The molecule has 27 heavy (non-hydrogen) atoms. The fourth-order valence-electron chi connectivity index (χ4n) is 2.21. The van der Waals surface area contributed by atoms with Gasteiger partial charge < -0.3 is 10.6 Å². The average molecular weight is 403 g/mol. The van der Waals surface area contributed by atoms with E-state index in [0.29, 0.717) is 16.0 Å². The normalized spacial score (nSPS) is 11.8. The van der Waals surface area contributed by atoms with Gasteiger partial charge in [0.25, 0.3) is 0 Å². The molecule has 1 amide bonds. The summed E-state index contributed by atoms with van der Waals surface area (Å²) in [4.78, 5) is 12.3. The van der Waals surface area contributed by atoms with Crippen LogP contribution >= 0.6 is 23.1 Å². The number of hydrogen-bond donors (Lipinski definition) is 2. The summed E-state index contributed by atoms with van der Waals surface area (Å²) in [6.45, 7) is 4.21. The molecule has 1 atom stereocenters. The topological polar surface area (TPSA) is 66.9 Å². The van der Waals surface area contributed by atoms with Crippen molar-refractivity contribution in [2.24, 2.45) is 0 Å². The molecule has 0 aliphatic rings. The summed E-state index contributed by atoms with van der Waals surface area (Å²) in [5.41, 5.74) is 2.98. The second-order valence-electron chi connectivity index (χ2n) is 5.97. The van der Waals surface area contributed by atoms with Crippen LogP contribution in [0.4, 0.5) is 15.2 Å². The molecule has 0 aliphatic carbocycles. The predicted octanol–water partition coefficient (Wildman–Crippen LogP) is 4.53. The van der Waals surface area contributed by atoms with Gasteiger partial charge in [0.2, 0.25) is 11.0 Å². The van der Waals surface area contributed by atoms with E-state index in [1.54, 1.807) is 12.1 Å². The van der Waals surface area contributed by atoms with Gasteiger partial charge in [-0.25, -0.2) is 4.39 Å². The van der Waals surface area contributed by atoms with Crippen LogP contribution in [0.25, 0.3) is 0 Å². The van der Waals surface area contributed by atoms with E-state index < -0.39 is 0 Å². The second kappa shape index (κ2) is 8.96. The minimum atomic E-state index is -0.314. The van der Waals surface area contributed by atoms with E-state index in [9.17, 15) is 9.18 Å². The number of carbonyl (C=O) groups excluding carboxylic acids is 1. The average Bonchev–Trinajstić information content (AvgIpc) is 3.09. The van der Waals surface area contributed by atoms with Gasteiger partial charge in [-0.2, -0.15) is 0 Å². The highest BCUT2D eigenvalue weighted by atomic mass is 32.2. The lowest BCUT2D eigenvalue weighted by Gasteiger charge is -2.10. The number of carbonyl (C=O) groups is 1. The zero-order valence-electron chi connectivity index (χ0n) is 14.9. The Morgan fingerprint density at radius 3 is 2.56 bits per heavy atom. The Labute approximate surface area is 165 Å². The highest BCUT2D eigenvalue weighted by Crippen LogP contribution is 2.30. The third-order valence-electron chi connectivity index (χ3n) is 3.74. The lowest BCUT2D eigenvalue weighted by Crippen LogP contribution is -2.30. The Morgan fingerprint density at radius 1 is 1.15 bits per heavy atom. The number of benzene rings is 2. The van der Waals surface area contributed by atoms with Crippen molar-refractivity contribution in [1.82, 2.24) is 15.5 Å². The molecule has 8 heteroatoms. The first-order valence-electron chi connectivity index (χ1n) is 8.35. The first kappa shape index (κ1) is 19.3. The number of halogens is 1. The van der Waals surface area contributed by atoms with Crippen LogP contribution in [0.3, 0.4) is 0 Å². The predicted molar refractivity (Wildman–Crippen MR) is 108 cm³/mol. The van der Waals surface area contributed by atoms with E-state index in [0.717, 1.165) is 11.3 Å². The van der Waals surface area contributed by atoms with Gasteiger partial charge in [-0.05, 0) is 43.7 Å². The molecule has 1 aromatic heterocycles. The smallest absolute Gasteiger partial charge is 0.233 e. The number of rotatable bonds is 7. The van der Waals surface area contributed by atoms with Gasteiger partial charge in [-0.1, -0.05) is 52.9 Å². The van der Waals surface area contributed by atoms with E-state index in [-0.39, 0.29) is 17.0 Å². The lowest BCUT2D eigenvalue weighted by molar-refractivity contribution is -0.120. The van der Waals surface area contributed by atoms with E-state index >= 15 is 0 Å². The first-order chi connectivity index (χ1) is 13.0. The number of aromatic nitrogens is 2. The second-order valence-corrected chi connectivity index (χ2v) is 8.53. The molecule has 2 aromatic carbocycles. The fraction of sp³-hybridized carbons (Fsp3) is 0.211. The number of nitrogens with one attached hydrogen (secondary N) is 2. The summed E-state index contributed by atoms with van der Waals surface area (Å²) in [6.07, 6.45) is 0. The first-order valence-corrected chi connectivity index (χ1v) is 10.1. The zero-order chi connectivity index (χ0) is 19.2. The number of nitrogens with zero attached hydrogens (tertiary/aromatic N) is 2. The molecule has 2 N–H and O–H groups in total. The number of anilines is 2. The number of amides is 1. The van der Waals surface area contributed by atoms with Gasteiger partial charge in [0, 0.05) is 12.2 Å². The molecule has 0 saturated heterocycles. The Hall–Kier alpha value is -2.45. The summed E-state index contributed by atoms with van der Waals surface area (Å²) in [6, 6.07) is 14.1. The van der Waals surface area contributed by atoms with Crippen LogP contribution < -0.4 is 10.6 Å². The molecule has 140 valence electrons. The van der Waals surface area contributed by atoms with Gasteiger partial charge in [-0.15, -0.1) is 10.2 Å². The Kier molecular flexibility index (Phi) is 6.41. The molecule has 0 radical (unpaired) electrons. The van der Waals surface area contributed by atoms with Gasteiger partial charge in [0.15, 0.2) is 4.34 Å². The monoisotopic (exact) mass is 402 g/mol. The molecule has 3 aromatic rings. The molecule has 5 nitrogen and oxygen atoms in total. The summed E-state index contributed by atoms with van der Waals surface area (Å²) in [5.74, 6) is -0.395. The van der Waals surface area contributed by atoms with Crippen molar-refractivity contribution in [1.29, 1.82) is 0 Å². The zero-order valence-corrected chi connectivity index (χ0v) is 16.5. The molecule has 0 saturated carbocycles. The van der Waals surface area contributed by atoms with Crippen molar-refractivity contribution in [2.45, 2.75) is 30.0 Å². The molecule has 0 spiro atoms. The highest BCUT2D eigenvalue weighted by molar-refractivity contribution is 8.02. The van der Waals surface area contributed by atoms with Gasteiger partial charge in [0.1, 0.15) is 5.82 Å². The number of hydrogen-bond acceptors (Lipinski definition) is 6. The van der Waals surface area contributed by atoms with Crippen LogP contribution in [0, 0.1) is 12.7 Å². The van der Waals surface area contributed by atoms with Crippen molar-refractivity contribution < 1.29 is 9.18 Å². The van der Waals surface area contributed by atoms with Crippen molar-refractivity contribution >= 4 is 39.8 Å². The van der Waals surface area contributed by atoms with Crippen molar-refractivity contribution in [3.63, 3.8) is 0 Å². The largest absolute Gasteiger partial charge is 0.351 e. The van der Waals surface area contributed by atoms with Crippen LogP contribution in [0.5, 0.6) is 0 Å². The molecule has 0 aliphatic heterocycles. The third kappa shape index (κ3) is 5.77. The minimum absolute atomic E-state index is 0.104. The maximum Gasteiger partial charge on any atom is 0.233 e. The maximum absolute atomic E-state index is 12.9. The molecule has 0 fully saturated rings. The molecular formula is C19H19FN4OS2. The molecule has 3 rings (SSSR count). The van der Waals surface area contributed by atoms with Gasteiger partial charge in [0.05, 0.1) is 5.25 Å². The summed E-state index contributed by atoms with van der Waals surface area (Å²) in [7, 11) is 0. The van der Waals surface area contributed by atoms with Crippen molar-refractivity contribution in [2.75, 3.05) is 5.32 Å². The standard InChI is InChI=1S/C19H19FN4OS2/c1-12-3-9-16(10-4-12)22-18-23-24-19(27-18)26-13(2)17(25)21-11-14-5-7-15(20)8-6-14/h3-10,13H,11H2,1-2H3,(H,21,25)(H,22,23). The summed E-state index contributed by atoms with van der Waals surface area (Å²) in [5, 5.41) is 14.7. The summed E-state index contributed by atoms with van der Waals surface area (Å²) >= 11 is 2.76. The molecule has 1 unspecified atom stereocenters. The fourth-order valence-corrected chi connectivity index (χ4v) is 4.15. The van der Waals surface area contributed by atoms with Crippen LogP contribution in [0.1, 0.15) is 18.1 Å². The van der Waals surface area contributed by atoms with E-state index in [1.807, 2.05) is 38.1 Å². The third-order valence-corrected chi connectivity index (χ3v) is 5.76. The minimum Gasteiger partial charge on any atom is -0.351 e. The Balaban J connectivity index is 1.50. The molecule has 1 heterocycles. The maximum atomic E-state index is 12.9. The summed E-state index contributed by atoms with van der Waals surface area (Å²) < 4.78 is 13.6. The SMILES string of the molecule is Cc1ccc(Nc2nnc(SC(C)C(=O)NCc3ccc(F)cc3)s2)cc1. The van der Waals surface area contributed by atoms with Crippen LogP contribution in [-0.2, 0) is 11.3 Å². The Morgan fingerprint density at radius 2 is 1.85 bits per heavy atom. The highest BCUT2D eigenvalue weighted by Gasteiger charge is 2.17. The number of aryl methyl sites for hydroxylation is 1.